The Morgan fingerprint density at radius 2 is 2.19 bits per heavy atom. The summed E-state index contributed by atoms with van der Waals surface area (Å²) in [6, 6.07) is 7.76. The minimum atomic E-state index is -0.356. The van der Waals surface area contributed by atoms with Gasteiger partial charge in [0.25, 0.3) is 0 Å². The Bertz CT molecular complexity index is 751. The Balaban J connectivity index is 1.55. The molecule has 2 heterocycles. The van der Waals surface area contributed by atoms with Gasteiger partial charge in [-0.3, -0.25) is 4.79 Å². The van der Waals surface area contributed by atoms with Crippen LogP contribution >= 0.6 is 0 Å². The summed E-state index contributed by atoms with van der Waals surface area (Å²) in [5, 5.41) is 12.4. The van der Waals surface area contributed by atoms with Crippen LogP contribution in [0.5, 0.6) is 5.75 Å². The summed E-state index contributed by atoms with van der Waals surface area (Å²) in [5.41, 5.74) is 1.03. The van der Waals surface area contributed by atoms with Crippen molar-refractivity contribution < 1.29 is 19.0 Å². The largest absolute Gasteiger partial charge is 0.496 e. The summed E-state index contributed by atoms with van der Waals surface area (Å²) in [6.45, 7) is 2.49. The second-order valence-corrected chi connectivity index (χ2v) is 6.25. The summed E-state index contributed by atoms with van der Waals surface area (Å²) >= 11 is 0. The van der Waals surface area contributed by atoms with E-state index in [0.29, 0.717) is 51.5 Å². The number of aryl methyl sites for hydroxylation is 1. The number of methoxy groups -OCH3 is 2. The van der Waals surface area contributed by atoms with Gasteiger partial charge in [-0.2, -0.15) is 4.80 Å². The number of aromatic nitrogens is 4. The van der Waals surface area contributed by atoms with Crippen LogP contribution in [0.15, 0.2) is 24.3 Å². The smallest absolute Gasteiger partial charge is 0.223 e. The number of hydrogen-bond donors (Lipinski definition) is 0. The van der Waals surface area contributed by atoms with E-state index in [-0.39, 0.29) is 12.0 Å². The van der Waals surface area contributed by atoms with Gasteiger partial charge >= 0.3 is 0 Å². The van der Waals surface area contributed by atoms with Crippen molar-refractivity contribution in [3.05, 3.63) is 35.7 Å². The Morgan fingerprint density at radius 1 is 1.33 bits per heavy atom. The van der Waals surface area contributed by atoms with Gasteiger partial charge in [0.1, 0.15) is 11.9 Å². The molecule has 0 radical (unpaired) electrons. The van der Waals surface area contributed by atoms with Crippen LogP contribution in [0.3, 0.4) is 0 Å². The highest BCUT2D eigenvalue weighted by molar-refractivity contribution is 5.76. The van der Waals surface area contributed by atoms with Crippen molar-refractivity contribution in [2.24, 2.45) is 0 Å². The van der Waals surface area contributed by atoms with Crippen LogP contribution < -0.4 is 4.74 Å². The summed E-state index contributed by atoms with van der Waals surface area (Å²) in [7, 11) is 3.26. The number of amides is 1. The molecule has 1 unspecified atom stereocenters. The number of hydrogen-bond acceptors (Lipinski definition) is 7. The van der Waals surface area contributed by atoms with Crippen LogP contribution in [0.2, 0.25) is 0 Å². The Kier molecular flexibility index (Phi) is 6.72. The lowest BCUT2D eigenvalue weighted by Crippen LogP contribution is -2.42. The molecule has 27 heavy (non-hydrogen) atoms. The highest BCUT2D eigenvalue weighted by Crippen LogP contribution is 2.22. The molecule has 2 aromatic rings. The first-order valence-electron chi connectivity index (χ1n) is 8.99. The number of ether oxygens (including phenoxy) is 3. The third-order valence-electron chi connectivity index (χ3n) is 4.47. The molecule has 0 bridgehead atoms. The van der Waals surface area contributed by atoms with Gasteiger partial charge in [0.15, 0.2) is 0 Å². The molecular formula is C18H25N5O4. The second kappa shape index (κ2) is 9.43. The summed E-state index contributed by atoms with van der Waals surface area (Å²) in [5.74, 6) is 1.39. The summed E-state index contributed by atoms with van der Waals surface area (Å²) in [6.07, 6.45) is 0.697. The van der Waals surface area contributed by atoms with Crippen molar-refractivity contribution in [2.45, 2.75) is 25.5 Å². The predicted molar refractivity (Wildman–Crippen MR) is 96.3 cm³/mol. The van der Waals surface area contributed by atoms with Crippen LogP contribution in [0, 0.1) is 0 Å². The standard InChI is InChI=1S/C18H25N5O4/c1-25-11-10-23-20-18(19-21-23)16-13-22(9-12-27-16)17(24)8-7-14-5-3-4-6-15(14)26-2/h3-6,16H,7-13H2,1-2H3. The number of carbonyl (C=O) groups is 1. The average molecular weight is 375 g/mol. The number of para-hydroxylation sites is 1. The van der Waals surface area contributed by atoms with E-state index in [2.05, 4.69) is 15.4 Å². The van der Waals surface area contributed by atoms with Gasteiger partial charge in [-0.25, -0.2) is 0 Å². The number of tetrazole rings is 1. The molecule has 1 fully saturated rings. The maximum Gasteiger partial charge on any atom is 0.223 e. The van der Waals surface area contributed by atoms with Crippen molar-refractivity contribution in [3.63, 3.8) is 0 Å². The van der Waals surface area contributed by atoms with Crippen molar-refractivity contribution >= 4 is 5.91 Å². The minimum Gasteiger partial charge on any atom is -0.496 e. The van der Waals surface area contributed by atoms with Crippen molar-refractivity contribution in [3.8, 4) is 5.75 Å². The Hall–Kier alpha value is -2.52. The molecule has 1 aromatic carbocycles. The molecule has 0 spiro atoms. The fourth-order valence-electron chi connectivity index (χ4n) is 2.99. The SMILES string of the molecule is COCCn1nnc(C2CN(C(=O)CCc3ccccc3OC)CCO2)n1. The zero-order chi connectivity index (χ0) is 19.1. The number of benzene rings is 1. The number of nitrogens with zero attached hydrogens (tertiary/aromatic N) is 5. The van der Waals surface area contributed by atoms with E-state index in [4.69, 9.17) is 14.2 Å². The summed E-state index contributed by atoms with van der Waals surface area (Å²) < 4.78 is 16.1. The maximum atomic E-state index is 12.6. The van der Waals surface area contributed by atoms with Crippen LogP contribution in [0.4, 0.5) is 0 Å². The van der Waals surface area contributed by atoms with Crippen LogP contribution in [-0.2, 0) is 27.2 Å². The van der Waals surface area contributed by atoms with Crippen LogP contribution in [0.1, 0.15) is 23.9 Å². The van der Waals surface area contributed by atoms with Gasteiger partial charge in [-0.15, -0.1) is 10.2 Å². The molecule has 0 N–H and O–H groups in total. The van der Waals surface area contributed by atoms with Crippen LogP contribution in [-0.4, -0.2) is 71.5 Å². The van der Waals surface area contributed by atoms with E-state index in [9.17, 15) is 4.79 Å². The lowest BCUT2D eigenvalue weighted by molar-refractivity contribution is -0.139. The van der Waals surface area contributed by atoms with Gasteiger partial charge in [-0.1, -0.05) is 18.2 Å². The first-order chi connectivity index (χ1) is 13.2. The molecule has 1 amide bonds. The molecule has 1 aromatic heterocycles. The zero-order valence-corrected chi connectivity index (χ0v) is 15.7. The Morgan fingerprint density at radius 3 is 3.00 bits per heavy atom. The normalized spacial score (nSPS) is 17.1. The lowest BCUT2D eigenvalue weighted by Gasteiger charge is -2.31. The maximum absolute atomic E-state index is 12.6. The molecule has 9 nitrogen and oxygen atoms in total. The van der Waals surface area contributed by atoms with E-state index >= 15 is 0 Å². The van der Waals surface area contributed by atoms with E-state index < -0.39 is 0 Å². The fraction of sp³-hybridized carbons (Fsp3) is 0.556. The Labute approximate surface area is 158 Å². The van der Waals surface area contributed by atoms with Gasteiger partial charge < -0.3 is 19.1 Å². The molecule has 1 atom stereocenters. The monoisotopic (exact) mass is 375 g/mol. The summed E-state index contributed by atoms with van der Waals surface area (Å²) in [4.78, 5) is 15.9. The van der Waals surface area contributed by atoms with E-state index in [1.165, 1.54) is 4.80 Å². The molecule has 3 rings (SSSR count). The van der Waals surface area contributed by atoms with E-state index in [0.717, 1.165) is 11.3 Å². The highest BCUT2D eigenvalue weighted by Gasteiger charge is 2.28. The molecule has 1 saturated heterocycles. The van der Waals surface area contributed by atoms with Gasteiger partial charge in [0.05, 0.1) is 33.4 Å². The fourth-order valence-corrected chi connectivity index (χ4v) is 2.99. The quantitative estimate of drug-likeness (QED) is 0.676. The van der Waals surface area contributed by atoms with E-state index in [1.807, 2.05) is 24.3 Å². The van der Waals surface area contributed by atoms with Crippen molar-refractivity contribution in [2.75, 3.05) is 40.5 Å². The number of rotatable bonds is 8. The van der Waals surface area contributed by atoms with Crippen molar-refractivity contribution in [1.29, 1.82) is 0 Å². The molecule has 0 aliphatic carbocycles. The molecule has 1 aliphatic heterocycles. The third-order valence-corrected chi connectivity index (χ3v) is 4.47. The van der Waals surface area contributed by atoms with Gasteiger partial charge in [-0.05, 0) is 23.3 Å². The number of carbonyl (C=O) groups excluding carboxylic acids is 1. The topological polar surface area (TPSA) is 91.6 Å². The molecular weight excluding hydrogens is 350 g/mol. The van der Waals surface area contributed by atoms with Gasteiger partial charge in [0, 0.05) is 20.1 Å². The molecule has 9 heteroatoms. The zero-order valence-electron chi connectivity index (χ0n) is 15.7. The minimum absolute atomic E-state index is 0.0842. The molecule has 146 valence electrons. The highest BCUT2D eigenvalue weighted by atomic mass is 16.5. The third kappa shape index (κ3) is 5.01. The number of morpholine rings is 1. The predicted octanol–water partition coefficient (Wildman–Crippen LogP) is 0.861. The first-order valence-corrected chi connectivity index (χ1v) is 8.99. The van der Waals surface area contributed by atoms with Crippen LogP contribution in [0.25, 0.3) is 0 Å². The van der Waals surface area contributed by atoms with E-state index in [1.54, 1.807) is 19.1 Å². The first kappa shape index (κ1) is 19.2. The average Bonchev–Trinajstić information content (AvgIpc) is 3.19. The lowest BCUT2D eigenvalue weighted by atomic mass is 10.1. The molecule has 1 aliphatic rings. The van der Waals surface area contributed by atoms with Crippen molar-refractivity contribution in [1.82, 2.24) is 25.1 Å². The second-order valence-electron chi connectivity index (χ2n) is 6.25. The van der Waals surface area contributed by atoms with Gasteiger partial charge in [0.2, 0.25) is 11.7 Å². The molecule has 0 saturated carbocycles.